The van der Waals surface area contributed by atoms with E-state index in [1.165, 1.54) is 5.56 Å². The van der Waals surface area contributed by atoms with Crippen molar-refractivity contribution in [1.82, 2.24) is 5.32 Å². The summed E-state index contributed by atoms with van der Waals surface area (Å²) < 4.78 is 5.33. The van der Waals surface area contributed by atoms with Gasteiger partial charge in [0.2, 0.25) is 5.91 Å². The molecule has 0 saturated carbocycles. The van der Waals surface area contributed by atoms with E-state index in [0.717, 1.165) is 19.3 Å². The van der Waals surface area contributed by atoms with E-state index in [1.54, 1.807) is 0 Å². The third-order valence-electron chi connectivity index (χ3n) is 3.59. The number of amides is 1. The zero-order valence-corrected chi connectivity index (χ0v) is 11.8. The smallest absolute Gasteiger partial charge is 0.220 e. The summed E-state index contributed by atoms with van der Waals surface area (Å²) in [6.07, 6.45) is 2.87. The molecule has 1 N–H and O–H groups in total. The number of nitrogens with one attached hydrogen (secondary N) is 1. The minimum Gasteiger partial charge on any atom is -0.381 e. The number of hydrogen-bond donors (Lipinski definition) is 1. The molecule has 2 rings (SSSR count). The fraction of sp³-hybridized carbons (Fsp3) is 0.533. The Labute approximate surface area is 119 Å². The standard InChI is InChI=1S/C15H20ClNO2/c16-12-15(8-10-19-11-9-15)17-14(18)7-6-13-4-2-1-3-5-13/h1-5H,6-12H2,(H,17,18). The highest BCUT2D eigenvalue weighted by Gasteiger charge is 2.32. The fourth-order valence-corrected chi connectivity index (χ4v) is 2.65. The predicted molar refractivity (Wildman–Crippen MR) is 76.4 cm³/mol. The summed E-state index contributed by atoms with van der Waals surface area (Å²) >= 11 is 6.03. The molecular formula is C15H20ClNO2. The molecule has 19 heavy (non-hydrogen) atoms. The van der Waals surface area contributed by atoms with E-state index in [2.05, 4.69) is 5.32 Å². The van der Waals surface area contributed by atoms with Gasteiger partial charge in [0.15, 0.2) is 0 Å². The van der Waals surface area contributed by atoms with E-state index in [4.69, 9.17) is 16.3 Å². The van der Waals surface area contributed by atoms with Gasteiger partial charge in [-0.3, -0.25) is 4.79 Å². The Morgan fingerprint density at radius 3 is 2.58 bits per heavy atom. The maximum atomic E-state index is 12.0. The number of ether oxygens (including phenoxy) is 1. The second-order valence-electron chi connectivity index (χ2n) is 5.06. The maximum Gasteiger partial charge on any atom is 0.220 e. The molecule has 1 aliphatic rings. The fourth-order valence-electron chi connectivity index (χ4n) is 2.31. The van der Waals surface area contributed by atoms with E-state index in [9.17, 15) is 4.79 Å². The van der Waals surface area contributed by atoms with Crippen molar-refractivity contribution in [2.75, 3.05) is 19.1 Å². The van der Waals surface area contributed by atoms with Gasteiger partial charge in [-0.05, 0) is 24.8 Å². The molecule has 0 radical (unpaired) electrons. The van der Waals surface area contributed by atoms with Crippen molar-refractivity contribution in [1.29, 1.82) is 0 Å². The number of alkyl halides is 1. The van der Waals surface area contributed by atoms with Crippen molar-refractivity contribution in [3.63, 3.8) is 0 Å². The van der Waals surface area contributed by atoms with Gasteiger partial charge in [0.1, 0.15) is 0 Å². The van der Waals surface area contributed by atoms with Crippen LogP contribution in [0.5, 0.6) is 0 Å². The van der Waals surface area contributed by atoms with E-state index in [1.807, 2.05) is 30.3 Å². The minimum absolute atomic E-state index is 0.0754. The zero-order valence-electron chi connectivity index (χ0n) is 11.0. The lowest BCUT2D eigenvalue weighted by molar-refractivity contribution is -0.123. The topological polar surface area (TPSA) is 38.3 Å². The Morgan fingerprint density at radius 2 is 1.95 bits per heavy atom. The second-order valence-corrected chi connectivity index (χ2v) is 5.33. The van der Waals surface area contributed by atoms with Crippen LogP contribution in [-0.4, -0.2) is 30.5 Å². The first-order chi connectivity index (χ1) is 9.24. The van der Waals surface area contributed by atoms with Gasteiger partial charge in [0.25, 0.3) is 0 Å². The average Bonchev–Trinajstić information content (AvgIpc) is 2.47. The summed E-state index contributed by atoms with van der Waals surface area (Å²) in [5, 5.41) is 3.10. The van der Waals surface area contributed by atoms with E-state index in [0.29, 0.717) is 25.5 Å². The Balaban J connectivity index is 1.83. The number of rotatable bonds is 5. The van der Waals surface area contributed by atoms with Gasteiger partial charge in [-0.2, -0.15) is 0 Å². The third kappa shape index (κ3) is 4.22. The largest absolute Gasteiger partial charge is 0.381 e. The SMILES string of the molecule is O=C(CCc1ccccc1)NC1(CCl)CCOCC1. The first kappa shape index (κ1) is 14.4. The lowest BCUT2D eigenvalue weighted by atomic mass is 9.92. The predicted octanol–water partition coefficient (Wildman–Crippen LogP) is 2.52. The molecule has 3 nitrogen and oxygen atoms in total. The molecule has 0 atom stereocenters. The molecule has 1 aliphatic heterocycles. The monoisotopic (exact) mass is 281 g/mol. The van der Waals surface area contributed by atoms with Crippen molar-refractivity contribution >= 4 is 17.5 Å². The number of carbonyl (C=O) groups excluding carboxylic acids is 1. The highest BCUT2D eigenvalue weighted by molar-refractivity contribution is 6.18. The van der Waals surface area contributed by atoms with Gasteiger partial charge in [-0.15, -0.1) is 11.6 Å². The summed E-state index contributed by atoms with van der Waals surface area (Å²) in [6, 6.07) is 10.0. The van der Waals surface area contributed by atoms with Crippen LogP contribution in [0.1, 0.15) is 24.8 Å². The molecule has 0 bridgehead atoms. The second kappa shape index (κ2) is 6.92. The van der Waals surface area contributed by atoms with E-state index < -0.39 is 0 Å². The molecule has 1 heterocycles. The number of benzene rings is 1. The number of hydrogen-bond acceptors (Lipinski definition) is 2. The minimum atomic E-state index is -0.270. The highest BCUT2D eigenvalue weighted by Crippen LogP contribution is 2.22. The van der Waals surface area contributed by atoms with Gasteiger partial charge in [0, 0.05) is 25.5 Å². The molecule has 0 spiro atoms. The quantitative estimate of drug-likeness (QED) is 0.843. The van der Waals surface area contributed by atoms with E-state index >= 15 is 0 Å². The van der Waals surface area contributed by atoms with Gasteiger partial charge in [-0.1, -0.05) is 30.3 Å². The van der Waals surface area contributed by atoms with Crippen molar-refractivity contribution < 1.29 is 9.53 Å². The van der Waals surface area contributed by atoms with E-state index in [-0.39, 0.29) is 11.4 Å². The Hall–Kier alpha value is -1.06. The molecule has 1 saturated heterocycles. The molecule has 0 unspecified atom stereocenters. The molecule has 0 aromatic heterocycles. The molecular weight excluding hydrogens is 262 g/mol. The lowest BCUT2D eigenvalue weighted by Crippen LogP contribution is -2.53. The number of halogens is 1. The molecule has 104 valence electrons. The average molecular weight is 282 g/mol. The van der Waals surface area contributed by atoms with Crippen molar-refractivity contribution in [2.24, 2.45) is 0 Å². The van der Waals surface area contributed by atoms with Crippen molar-refractivity contribution in [3.05, 3.63) is 35.9 Å². The van der Waals surface area contributed by atoms with Gasteiger partial charge < -0.3 is 10.1 Å². The van der Waals surface area contributed by atoms with Crippen LogP contribution in [0.25, 0.3) is 0 Å². The summed E-state index contributed by atoms with van der Waals surface area (Å²) in [5.74, 6) is 0.527. The van der Waals surface area contributed by atoms with Gasteiger partial charge >= 0.3 is 0 Å². The number of aryl methyl sites for hydroxylation is 1. The normalized spacial score (nSPS) is 17.9. The first-order valence-electron chi connectivity index (χ1n) is 6.73. The van der Waals surface area contributed by atoms with Crippen LogP contribution in [0, 0.1) is 0 Å². The Kier molecular flexibility index (Phi) is 5.23. The van der Waals surface area contributed by atoms with Crippen LogP contribution in [0.3, 0.4) is 0 Å². The van der Waals surface area contributed by atoms with Crippen LogP contribution in [-0.2, 0) is 16.0 Å². The molecule has 0 aliphatic carbocycles. The first-order valence-corrected chi connectivity index (χ1v) is 7.26. The molecule has 4 heteroatoms. The molecule has 1 aromatic carbocycles. The molecule has 1 fully saturated rings. The highest BCUT2D eigenvalue weighted by atomic mass is 35.5. The summed E-state index contributed by atoms with van der Waals surface area (Å²) in [7, 11) is 0. The number of carbonyl (C=O) groups is 1. The summed E-state index contributed by atoms with van der Waals surface area (Å²) in [4.78, 5) is 12.0. The molecule has 1 aromatic rings. The lowest BCUT2D eigenvalue weighted by Gasteiger charge is -2.36. The van der Waals surface area contributed by atoms with Crippen molar-refractivity contribution in [3.8, 4) is 0 Å². The maximum absolute atomic E-state index is 12.0. The molecule has 1 amide bonds. The Morgan fingerprint density at radius 1 is 1.26 bits per heavy atom. The van der Waals surface area contributed by atoms with Crippen molar-refractivity contribution in [2.45, 2.75) is 31.2 Å². The summed E-state index contributed by atoms with van der Waals surface area (Å²) in [5.41, 5.74) is 0.915. The van der Waals surface area contributed by atoms with Crippen LogP contribution in [0.15, 0.2) is 30.3 Å². The Bertz CT molecular complexity index is 402. The zero-order chi connectivity index (χ0) is 13.6. The van der Waals surface area contributed by atoms with Crippen LogP contribution < -0.4 is 5.32 Å². The third-order valence-corrected chi connectivity index (χ3v) is 4.11. The van der Waals surface area contributed by atoms with Crippen LogP contribution in [0.4, 0.5) is 0 Å². The van der Waals surface area contributed by atoms with Gasteiger partial charge in [-0.25, -0.2) is 0 Å². The van der Waals surface area contributed by atoms with Crippen LogP contribution in [0.2, 0.25) is 0 Å². The van der Waals surface area contributed by atoms with Crippen LogP contribution >= 0.6 is 11.6 Å². The van der Waals surface area contributed by atoms with Gasteiger partial charge in [0.05, 0.1) is 5.54 Å². The summed E-state index contributed by atoms with van der Waals surface area (Å²) in [6.45, 7) is 1.34.